The van der Waals surface area contributed by atoms with Crippen LogP contribution in [0.1, 0.15) is 18.4 Å². The number of hydrogen-bond acceptors (Lipinski definition) is 2. The Labute approximate surface area is 198 Å². The SMILES string of the molecule is O=C1[C@H]2C[C@H]3[C@@H](C[C@H]2C(=O)N1Cc1ccccc1)[C@@]1(Cl)C(Cl)=C(Cl)[C@@]3(Cl)C1(Cl)Cl. The minimum atomic E-state index is -1.64. The largest absolute Gasteiger partial charge is 0.278 e. The Kier molecular flexibility index (Phi) is 4.60. The summed E-state index contributed by atoms with van der Waals surface area (Å²) in [7, 11) is 0. The number of carbonyl (C=O) groups is 2. The summed E-state index contributed by atoms with van der Waals surface area (Å²) in [4.78, 5) is 24.8. The minimum absolute atomic E-state index is 0.137. The zero-order chi connectivity index (χ0) is 20.9. The van der Waals surface area contributed by atoms with Gasteiger partial charge in [-0.25, -0.2) is 0 Å². The molecule has 0 unspecified atom stereocenters. The van der Waals surface area contributed by atoms with Gasteiger partial charge in [-0.1, -0.05) is 76.7 Å². The third kappa shape index (κ3) is 2.30. The number of fused-ring (bicyclic) bond motifs is 6. The van der Waals surface area contributed by atoms with Crippen LogP contribution in [0, 0.1) is 23.7 Å². The van der Waals surface area contributed by atoms with Gasteiger partial charge in [0.05, 0.1) is 28.4 Å². The minimum Gasteiger partial charge on any atom is -0.278 e. The van der Waals surface area contributed by atoms with Crippen molar-refractivity contribution >= 4 is 81.4 Å². The van der Waals surface area contributed by atoms with Crippen molar-refractivity contribution in [2.24, 2.45) is 23.7 Å². The molecule has 5 rings (SSSR count). The summed E-state index contributed by atoms with van der Waals surface area (Å²) < 4.78 is -1.64. The van der Waals surface area contributed by atoms with Gasteiger partial charge in [0.2, 0.25) is 11.8 Å². The molecule has 2 amide bonds. The fourth-order valence-electron chi connectivity index (χ4n) is 5.71. The number of halogens is 6. The number of rotatable bonds is 2. The maximum absolute atomic E-state index is 13.1. The fourth-order valence-corrected chi connectivity index (χ4v) is 8.82. The number of benzene rings is 1. The van der Waals surface area contributed by atoms with Crippen molar-refractivity contribution in [2.45, 2.75) is 33.5 Å². The van der Waals surface area contributed by atoms with Gasteiger partial charge < -0.3 is 0 Å². The van der Waals surface area contributed by atoms with Gasteiger partial charge in [0.15, 0.2) is 4.33 Å². The van der Waals surface area contributed by atoms with Crippen LogP contribution in [0.2, 0.25) is 0 Å². The molecule has 1 aromatic carbocycles. The molecule has 0 aromatic heterocycles. The third-order valence-corrected chi connectivity index (χ3v) is 11.5. The van der Waals surface area contributed by atoms with Gasteiger partial charge >= 0.3 is 0 Å². The van der Waals surface area contributed by atoms with E-state index in [2.05, 4.69) is 0 Å². The van der Waals surface area contributed by atoms with Crippen LogP contribution in [0.4, 0.5) is 0 Å². The van der Waals surface area contributed by atoms with Crippen molar-refractivity contribution in [3.05, 3.63) is 46.0 Å². The second-order valence-corrected chi connectivity index (χ2v) is 11.5. The van der Waals surface area contributed by atoms with E-state index in [0.717, 1.165) is 5.56 Å². The number of alkyl halides is 4. The highest BCUT2D eigenvalue weighted by atomic mass is 35.5. The van der Waals surface area contributed by atoms with Crippen LogP contribution < -0.4 is 0 Å². The van der Waals surface area contributed by atoms with Crippen LogP contribution >= 0.6 is 69.6 Å². The molecule has 6 atom stereocenters. The topological polar surface area (TPSA) is 37.4 Å². The highest BCUT2D eigenvalue weighted by Crippen LogP contribution is 2.79. The van der Waals surface area contributed by atoms with Crippen molar-refractivity contribution in [2.75, 3.05) is 0 Å². The van der Waals surface area contributed by atoms with Gasteiger partial charge in [-0.3, -0.25) is 14.5 Å². The molecule has 1 aromatic rings. The van der Waals surface area contributed by atoms with Gasteiger partial charge in [0.25, 0.3) is 0 Å². The van der Waals surface area contributed by atoms with Crippen LogP contribution in [-0.4, -0.2) is 30.8 Å². The standard InChI is InChI=1S/C20H15Cl6NO2/c21-14-15(22)19(24)13-7-11-10(6-12(13)18(14,23)20(19,25)26)16(28)27(17(11)29)8-9-4-2-1-3-5-9/h1-5,10-13H,6-8H2/t10-,11+,12-,13+,18-,19-/m1/s1. The number of allylic oxidation sites excluding steroid dienone is 2. The van der Waals surface area contributed by atoms with Crippen molar-refractivity contribution in [3.8, 4) is 0 Å². The highest BCUT2D eigenvalue weighted by Gasteiger charge is 2.83. The molecule has 0 spiro atoms. The summed E-state index contributed by atoms with van der Waals surface area (Å²) in [5.74, 6) is -2.10. The van der Waals surface area contributed by atoms with Crippen LogP contribution in [0.3, 0.4) is 0 Å². The van der Waals surface area contributed by atoms with Gasteiger partial charge in [-0.15, -0.1) is 23.2 Å². The first-order chi connectivity index (χ1) is 13.6. The average Bonchev–Trinajstić information content (AvgIpc) is 3.05. The number of likely N-dealkylation sites (tertiary alicyclic amines) is 1. The predicted octanol–water partition coefficient (Wildman–Crippen LogP) is 5.66. The molecule has 29 heavy (non-hydrogen) atoms. The first-order valence-corrected chi connectivity index (χ1v) is 11.5. The summed E-state index contributed by atoms with van der Waals surface area (Å²) >= 11 is 40.0. The highest BCUT2D eigenvalue weighted by molar-refractivity contribution is 6.65. The van der Waals surface area contributed by atoms with Gasteiger partial charge in [0, 0.05) is 0 Å². The molecule has 3 fully saturated rings. The maximum Gasteiger partial charge on any atom is 0.233 e. The molecular weight excluding hydrogens is 499 g/mol. The lowest BCUT2D eigenvalue weighted by Crippen LogP contribution is -2.44. The van der Waals surface area contributed by atoms with E-state index in [1.54, 1.807) is 0 Å². The van der Waals surface area contributed by atoms with E-state index in [4.69, 9.17) is 69.6 Å². The van der Waals surface area contributed by atoms with E-state index in [1.165, 1.54) is 4.90 Å². The second-order valence-electron chi connectivity index (χ2n) is 8.27. The predicted molar refractivity (Wildman–Crippen MR) is 116 cm³/mol. The lowest BCUT2D eigenvalue weighted by atomic mass is 9.65. The van der Waals surface area contributed by atoms with E-state index in [9.17, 15) is 9.59 Å². The molecule has 3 aliphatic carbocycles. The Morgan fingerprint density at radius 2 is 1.28 bits per heavy atom. The molecular formula is C20H15Cl6NO2. The van der Waals surface area contributed by atoms with Crippen LogP contribution in [-0.2, 0) is 16.1 Å². The molecule has 154 valence electrons. The number of amides is 2. The van der Waals surface area contributed by atoms with E-state index >= 15 is 0 Å². The number of carbonyl (C=O) groups excluding carboxylic acids is 2. The molecule has 4 aliphatic rings. The van der Waals surface area contributed by atoms with Crippen molar-refractivity contribution < 1.29 is 9.59 Å². The smallest absolute Gasteiger partial charge is 0.233 e. The number of hydrogen-bond donors (Lipinski definition) is 0. The normalized spacial score (nSPS) is 42.5. The average molecular weight is 514 g/mol. The quantitative estimate of drug-likeness (QED) is 0.378. The van der Waals surface area contributed by atoms with Crippen molar-refractivity contribution in [1.29, 1.82) is 0 Å². The Balaban J connectivity index is 1.50. The van der Waals surface area contributed by atoms with Gasteiger partial charge in [0.1, 0.15) is 9.75 Å². The van der Waals surface area contributed by atoms with Crippen LogP contribution in [0.15, 0.2) is 40.4 Å². The molecule has 0 N–H and O–H groups in total. The van der Waals surface area contributed by atoms with Crippen molar-refractivity contribution in [3.63, 3.8) is 0 Å². The molecule has 1 saturated heterocycles. The van der Waals surface area contributed by atoms with Gasteiger partial charge in [-0.2, -0.15) is 0 Å². The van der Waals surface area contributed by atoms with E-state index < -0.39 is 25.9 Å². The second kappa shape index (κ2) is 6.43. The molecule has 9 heteroatoms. The fraction of sp³-hybridized carbons (Fsp3) is 0.500. The van der Waals surface area contributed by atoms with E-state index in [1.807, 2.05) is 30.3 Å². The monoisotopic (exact) mass is 511 g/mol. The first-order valence-electron chi connectivity index (χ1n) is 9.27. The van der Waals surface area contributed by atoms with E-state index in [-0.39, 0.29) is 40.3 Å². The zero-order valence-corrected chi connectivity index (χ0v) is 19.4. The Bertz CT molecular complexity index is 911. The van der Waals surface area contributed by atoms with Crippen LogP contribution in [0.25, 0.3) is 0 Å². The summed E-state index contributed by atoms with van der Waals surface area (Å²) in [6.45, 7) is 0.244. The van der Waals surface area contributed by atoms with Crippen LogP contribution in [0.5, 0.6) is 0 Å². The first kappa shape index (κ1) is 20.7. The maximum atomic E-state index is 13.1. The molecule has 0 radical (unpaired) electrons. The third-order valence-electron chi connectivity index (χ3n) is 7.10. The molecule has 1 heterocycles. The summed E-state index contributed by atoms with van der Waals surface area (Å²) in [6, 6.07) is 9.41. The summed E-state index contributed by atoms with van der Waals surface area (Å²) in [6.07, 6.45) is 0.676. The van der Waals surface area contributed by atoms with E-state index in [0.29, 0.717) is 12.8 Å². The molecule has 3 nitrogen and oxygen atoms in total. The zero-order valence-electron chi connectivity index (χ0n) is 14.8. The lowest BCUT2D eigenvalue weighted by molar-refractivity contribution is -0.140. The summed E-state index contributed by atoms with van der Waals surface area (Å²) in [5, 5.41) is 0.275. The van der Waals surface area contributed by atoms with Gasteiger partial charge in [-0.05, 0) is 30.2 Å². The molecule has 2 saturated carbocycles. The Hall–Kier alpha value is -0.160. The molecule has 2 bridgehead atoms. The Morgan fingerprint density at radius 1 is 0.828 bits per heavy atom. The number of nitrogens with zero attached hydrogens (tertiary/aromatic N) is 1. The Morgan fingerprint density at radius 3 is 1.72 bits per heavy atom. The number of imide groups is 1. The molecule has 1 aliphatic heterocycles. The summed E-state index contributed by atoms with van der Waals surface area (Å²) in [5.41, 5.74) is 0.893. The lowest BCUT2D eigenvalue weighted by Gasteiger charge is -2.42. The van der Waals surface area contributed by atoms with Crippen molar-refractivity contribution in [1.82, 2.24) is 4.90 Å².